The van der Waals surface area contributed by atoms with Crippen LogP contribution in [0.1, 0.15) is 46.5 Å². The van der Waals surface area contributed by atoms with E-state index in [0.717, 1.165) is 25.7 Å². The lowest BCUT2D eigenvalue weighted by molar-refractivity contribution is -0.151. The quantitative estimate of drug-likeness (QED) is 0.775. The zero-order valence-electron chi connectivity index (χ0n) is 10.5. The summed E-state index contributed by atoms with van der Waals surface area (Å²) in [5, 5.41) is 0.590. The molecule has 0 aromatic heterocycles. The molecule has 1 fully saturated rings. The van der Waals surface area contributed by atoms with Gasteiger partial charge in [-0.15, -0.1) is 11.8 Å². The number of hydrogen-bond acceptors (Lipinski definition) is 4. The van der Waals surface area contributed by atoms with Crippen molar-refractivity contribution >= 4 is 17.7 Å². The summed E-state index contributed by atoms with van der Waals surface area (Å²) in [5.74, 6) is 0.365. The molecular formula is C12H23NO2S. The van der Waals surface area contributed by atoms with E-state index in [1.54, 1.807) is 11.8 Å². The van der Waals surface area contributed by atoms with Gasteiger partial charge in [0.2, 0.25) is 0 Å². The van der Waals surface area contributed by atoms with Gasteiger partial charge >= 0.3 is 5.97 Å². The molecule has 0 aliphatic heterocycles. The summed E-state index contributed by atoms with van der Waals surface area (Å²) < 4.78 is 5.27. The van der Waals surface area contributed by atoms with Crippen LogP contribution >= 0.6 is 11.8 Å². The van der Waals surface area contributed by atoms with E-state index in [1.165, 1.54) is 0 Å². The van der Waals surface area contributed by atoms with Crippen LogP contribution < -0.4 is 5.73 Å². The highest BCUT2D eigenvalue weighted by Crippen LogP contribution is 2.28. The molecule has 1 saturated carbocycles. The third-order valence-electron chi connectivity index (χ3n) is 2.58. The standard InChI is InChI=1S/C12H23NO2S/c1-12(2,3)15-11(14)8-16-10-6-4-9(13)5-7-10/h9-10H,4-8,13H2,1-3H3. The van der Waals surface area contributed by atoms with Crippen LogP contribution in [0.4, 0.5) is 0 Å². The van der Waals surface area contributed by atoms with Gasteiger partial charge in [-0.2, -0.15) is 0 Å². The van der Waals surface area contributed by atoms with Gasteiger partial charge in [0.25, 0.3) is 0 Å². The first-order valence-electron chi connectivity index (χ1n) is 5.96. The Bertz CT molecular complexity index is 230. The Kier molecular flexibility index (Phi) is 5.12. The predicted molar refractivity (Wildman–Crippen MR) is 68.5 cm³/mol. The van der Waals surface area contributed by atoms with Crippen LogP contribution in [0.25, 0.3) is 0 Å². The molecule has 3 nitrogen and oxygen atoms in total. The van der Waals surface area contributed by atoms with Crippen molar-refractivity contribution in [2.45, 2.75) is 63.3 Å². The van der Waals surface area contributed by atoms with Crippen molar-refractivity contribution in [3.05, 3.63) is 0 Å². The summed E-state index contributed by atoms with van der Waals surface area (Å²) in [6.45, 7) is 5.69. The SMILES string of the molecule is CC(C)(C)OC(=O)CSC1CCC(N)CC1. The first-order chi connectivity index (χ1) is 7.37. The molecule has 1 aliphatic rings. The van der Waals surface area contributed by atoms with Crippen molar-refractivity contribution in [3.63, 3.8) is 0 Å². The molecule has 1 rings (SSSR count). The average molecular weight is 245 g/mol. The number of nitrogens with two attached hydrogens (primary N) is 1. The summed E-state index contributed by atoms with van der Waals surface area (Å²) in [6, 6.07) is 0.373. The lowest BCUT2D eigenvalue weighted by Gasteiger charge is -2.26. The summed E-state index contributed by atoms with van der Waals surface area (Å²) in [6.07, 6.45) is 4.45. The predicted octanol–water partition coefficient (Wildman–Crippen LogP) is 2.33. The highest BCUT2D eigenvalue weighted by Gasteiger charge is 2.21. The molecule has 0 atom stereocenters. The maximum absolute atomic E-state index is 11.5. The molecule has 4 heteroatoms. The van der Waals surface area contributed by atoms with E-state index in [2.05, 4.69) is 0 Å². The molecule has 2 N–H and O–H groups in total. The van der Waals surface area contributed by atoms with Crippen LogP contribution in [0.5, 0.6) is 0 Å². The second-order valence-corrected chi connectivity index (χ2v) is 6.72. The second-order valence-electron chi connectivity index (χ2n) is 5.43. The molecule has 1 aliphatic carbocycles. The third kappa shape index (κ3) is 5.75. The van der Waals surface area contributed by atoms with Crippen LogP contribution in [0.15, 0.2) is 0 Å². The zero-order valence-corrected chi connectivity index (χ0v) is 11.3. The van der Waals surface area contributed by atoms with Crippen LogP contribution in [0, 0.1) is 0 Å². The molecule has 0 spiro atoms. The Hall–Kier alpha value is -0.220. The van der Waals surface area contributed by atoms with E-state index in [0.29, 0.717) is 17.0 Å². The van der Waals surface area contributed by atoms with E-state index >= 15 is 0 Å². The van der Waals surface area contributed by atoms with Crippen LogP contribution in [0.3, 0.4) is 0 Å². The molecule has 0 unspecified atom stereocenters. The number of esters is 1. The van der Waals surface area contributed by atoms with E-state index < -0.39 is 0 Å². The number of rotatable bonds is 3. The first-order valence-corrected chi connectivity index (χ1v) is 7.01. The van der Waals surface area contributed by atoms with E-state index in [-0.39, 0.29) is 11.6 Å². The molecule has 0 bridgehead atoms. The Morgan fingerprint density at radius 1 is 1.31 bits per heavy atom. The van der Waals surface area contributed by atoms with Gasteiger partial charge in [0.15, 0.2) is 0 Å². The molecule has 0 aromatic carbocycles. The maximum Gasteiger partial charge on any atom is 0.316 e. The van der Waals surface area contributed by atoms with Crippen molar-refractivity contribution in [3.8, 4) is 0 Å². The fourth-order valence-corrected chi connectivity index (χ4v) is 2.85. The monoisotopic (exact) mass is 245 g/mol. The topological polar surface area (TPSA) is 52.3 Å². The molecule has 94 valence electrons. The van der Waals surface area contributed by atoms with Crippen molar-refractivity contribution in [2.24, 2.45) is 5.73 Å². The molecule has 0 amide bonds. The van der Waals surface area contributed by atoms with Gasteiger partial charge in [-0.1, -0.05) is 0 Å². The van der Waals surface area contributed by atoms with Crippen molar-refractivity contribution in [1.82, 2.24) is 0 Å². The van der Waals surface area contributed by atoms with Crippen LogP contribution in [-0.2, 0) is 9.53 Å². The third-order valence-corrected chi connectivity index (χ3v) is 3.92. The first kappa shape index (κ1) is 13.8. The molecule has 0 heterocycles. The summed E-state index contributed by atoms with van der Waals surface area (Å²) in [7, 11) is 0. The average Bonchev–Trinajstić information content (AvgIpc) is 2.14. The number of ether oxygens (including phenoxy) is 1. The second kappa shape index (κ2) is 5.92. The van der Waals surface area contributed by atoms with Gasteiger partial charge in [0.05, 0.1) is 5.75 Å². The molecule has 0 radical (unpaired) electrons. The minimum atomic E-state index is -0.368. The Balaban J connectivity index is 2.17. The van der Waals surface area contributed by atoms with Crippen molar-refractivity contribution in [2.75, 3.05) is 5.75 Å². The normalized spacial score (nSPS) is 26.5. The highest BCUT2D eigenvalue weighted by molar-refractivity contribution is 8.00. The smallest absolute Gasteiger partial charge is 0.316 e. The van der Waals surface area contributed by atoms with Gasteiger partial charge in [-0.25, -0.2) is 0 Å². The van der Waals surface area contributed by atoms with Gasteiger partial charge in [-0.3, -0.25) is 4.79 Å². The molecule has 0 aromatic rings. The molecular weight excluding hydrogens is 222 g/mol. The van der Waals surface area contributed by atoms with Crippen LogP contribution in [-0.4, -0.2) is 28.6 Å². The number of thioether (sulfide) groups is 1. The highest BCUT2D eigenvalue weighted by atomic mass is 32.2. The van der Waals surface area contributed by atoms with E-state index in [1.807, 2.05) is 20.8 Å². The Morgan fingerprint density at radius 3 is 2.38 bits per heavy atom. The lowest BCUT2D eigenvalue weighted by Crippen LogP contribution is -2.29. The fourth-order valence-electron chi connectivity index (χ4n) is 1.81. The minimum absolute atomic E-state index is 0.104. The van der Waals surface area contributed by atoms with Gasteiger partial charge in [-0.05, 0) is 46.5 Å². The summed E-state index contributed by atoms with van der Waals surface area (Å²) in [5.41, 5.74) is 5.47. The zero-order chi connectivity index (χ0) is 12.2. The van der Waals surface area contributed by atoms with Gasteiger partial charge in [0, 0.05) is 11.3 Å². The van der Waals surface area contributed by atoms with Crippen molar-refractivity contribution in [1.29, 1.82) is 0 Å². The summed E-state index contributed by atoms with van der Waals surface area (Å²) >= 11 is 1.72. The van der Waals surface area contributed by atoms with E-state index in [4.69, 9.17) is 10.5 Å². The van der Waals surface area contributed by atoms with E-state index in [9.17, 15) is 4.79 Å². The Morgan fingerprint density at radius 2 is 1.88 bits per heavy atom. The lowest BCUT2D eigenvalue weighted by atomic mass is 9.96. The molecule has 16 heavy (non-hydrogen) atoms. The molecule has 0 saturated heterocycles. The minimum Gasteiger partial charge on any atom is -0.459 e. The van der Waals surface area contributed by atoms with Crippen LogP contribution in [0.2, 0.25) is 0 Å². The van der Waals surface area contributed by atoms with Crippen molar-refractivity contribution < 1.29 is 9.53 Å². The number of carbonyl (C=O) groups is 1. The Labute approximate surface area is 102 Å². The fraction of sp³-hybridized carbons (Fsp3) is 0.917. The maximum atomic E-state index is 11.5. The van der Waals surface area contributed by atoms with Gasteiger partial charge in [0.1, 0.15) is 5.60 Å². The summed E-state index contributed by atoms with van der Waals surface area (Å²) in [4.78, 5) is 11.5. The van der Waals surface area contributed by atoms with Gasteiger partial charge < -0.3 is 10.5 Å². The largest absolute Gasteiger partial charge is 0.459 e. The number of carbonyl (C=O) groups excluding carboxylic acids is 1. The number of hydrogen-bond donors (Lipinski definition) is 1.